The van der Waals surface area contributed by atoms with Crippen molar-refractivity contribution in [2.75, 3.05) is 33.7 Å². The fourth-order valence-electron chi connectivity index (χ4n) is 2.84. The van der Waals surface area contributed by atoms with Gasteiger partial charge in [-0.3, -0.25) is 4.79 Å². The first-order valence-electron chi connectivity index (χ1n) is 7.15. The van der Waals surface area contributed by atoms with Crippen molar-refractivity contribution in [1.82, 2.24) is 9.80 Å². The van der Waals surface area contributed by atoms with Crippen LogP contribution in [0, 0.1) is 5.92 Å². The van der Waals surface area contributed by atoms with Gasteiger partial charge >= 0.3 is 5.97 Å². The van der Waals surface area contributed by atoms with Crippen LogP contribution in [0.25, 0.3) is 0 Å². The summed E-state index contributed by atoms with van der Waals surface area (Å²) >= 11 is 0. The summed E-state index contributed by atoms with van der Waals surface area (Å²) in [5, 5.41) is 8.94. The maximum absolute atomic E-state index is 10.9. The third-order valence-electron chi connectivity index (χ3n) is 4.22. The molecule has 0 saturated carbocycles. The molecule has 112 valence electrons. The zero-order chi connectivity index (χ0) is 14.6. The molecule has 0 aliphatic carbocycles. The lowest BCUT2D eigenvalue weighted by Crippen LogP contribution is -2.44. The number of carboxylic acids is 1. The fourth-order valence-corrected chi connectivity index (χ4v) is 2.84. The highest BCUT2D eigenvalue weighted by Gasteiger charge is 2.31. The van der Waals surface area contributed by atoms with Crippen LogP contribution in [0.4, 0.5) is 0 Å². The highest BCUT2D eigenvalue weighted by atomic mass is 16.4. The van der Waals surface area contributed by atoms with Gasteiger partial charge in [0.15, 0.2) is 0 Å². The average molecular weight is 271 g/mol. The number of likely N-dealkylation sites (N-methyl/N-ethyl adjacent to an activating group) is 1. The second kappa shape index (κ2) is 6.68. The SMILES string of the molecule is CC1CN(CCCCC(C)(N)C(=O)O)CC1N(C)C. The third kappa shape index (κ3) is 4.75. The lowest BCUT2D eigenvalue weighted by molar-refractivity contribution is -0.142. The van der Waals surface area contributed by atoms with E-state index in [0.717, 1.165) is 32.5 Å². The number of likely N-dealkylation sites (tertiary alicyclic amines) is 1. The van der Waals surface area contributed by atoms with Gasteiger partial charge in [0.2, 0.25) is 0 Å². The zero-order valence-corrected chi connectivity index (χ0v) is 12.7. The quantitative estimate of drug-likeness (QED) is 0.672. The second-order valence-electron chi connectivity index (χ2n) is 6.45. The second-order valence-corrected chi connectivity index (χ2v) is 6.45. The molecule has 3 unspecified atom stereocenters. The lowest BCUT2D eigenvalue weighted by atomic mass is 9.96. The van der Waals surface area contributed by atoms with Crippen LogP contribution in [-0.2, 0) is 4.79 Å². The Bertz CT molecular complexity index is 305. The molecule has 3 N–H and O–H groups in total. The van der Waals surface area contributed by atoms with E-state index in [4.69, 9.17) is 10.8 Å². The van der Waals surface area contributed by atoms with Crippen molar-refractivity contribution in [3.8, 4) is 0 Å². The molecule has 0 spiro atoms. The molecule has 0 aromatic rings. The molecular formula is C14H29N3O2. The maximum atomic E-state index is 10.9. The van der Waals surface area contributed by atoms with Crippen LogP contribution in [0.1, 0.15) is 33.1 Å². The molecule has 5 heteroatoms. The Labute approximate surface area is 116 Å². The molecule has 3 atom stereocenters. The number of carboxylic acid groups (broad SMARTS) is 1. The number of unbranched alkanes of at least 4 members (excludes halogenated alkanes) is 1. The Balaban J connectivity index is 2.23. The largest absolute Gasteiger partial charge is 0.480 e. The van der Waals surface area contributed by atoms with Crippen LogP contribution < -0.4 is 5.73 Å². The summed E-state index contributed by atoms with van der Waals surface area (Å²) < 4.78 is 0. The molecule has 1 fully saturated rings. The Kier molecular flexibility index (Phi) is 5.77. The molecule has 0 radical (unpaired) electrons. The van der Waals surface area contributed by atoms with Gasteiger partial charge in [-0.1, -0.05) is 6.92 Å². The van der Waals surface area contributed by atoms with Crippen LogP contribution in [0.15, 0.2) is 0 Å². The van der Waals surface area contributed by atoms with Crippen molar-refractivity contribution in [3.05, 3.63) is 0 Å². The molecule has 1 aliphatic heterocycles. The number of hydrogen-bond acceptors (Lipinski definition) is 4. The summed E-state index contributed by atoms with van der Waals surface area (Å²) in [4.78, 5) is 15.7. The number of nitrogens with zero attached hydrogens (tertiary/aromatic N) is 2. The van der Waals surface area contributed by atoms with E-state index in [9.17, 15) is 4.79 Å². The van der Waals surface area contributed by atoms with Crippen molar-refractivity contribution in [2.45, 2.75) is 44.7 Å². The minimum atomic E-state index is -1.08. The Hall–Kier alpha value is -0.650. The van der Waals surface area contributed by atoms with E-state index in [1.54, 1.807) is 6.92 Å². The summed E-state index contributed by atoms with van der Waals surface area (Å²) in [6.45, 7) is 7.19. The van der Waals surface area contributed by atoms with Crippen molar-refractivity contribution in [2.24, 2.45) is 11.7 Å². The highest BCUT2D eigenvalue weighted by molar-refractivity contribution is 5.77. The monoisotopic (exact) mass is 271 g/mol. The molecule has 1 saturated heterocycles. The van der Waals surface area contributed by atoms with E-state index in [1.165, 1.54) is 0 Å². The van der Waals surface area contributed by atoms with Gasteiger partial charge < -0.3 is 20.6 Å². The first-order chi connectivity index (χ1) is 8.74. The smallest absolute Gasteiger partial charge is 0.323 e. The molecule has 5 nitrogen and oxygen atoms in total. The van der Waals surface area contributed by atoms with Crippen molar-refractivity contribution < 1.29 is 9.90 Å². The van der Waals surface area contributed by atoms with E-state index in [1.807, 2.05) is 0 Å². The van der Waals surface area contributed by atoms with E-state index >= 15 is 0 Å². The fraction of sp³-hybridized carbons (Fsp3) is 0.929. The molecule has 0 aromatic carbocycles. The number of rotatable bonds is 7. The van der Waals surface area contributed by atoms with Crippen LogP contribution in [-0.4, -0.2) is 66.2 Å². The number of aliphatic carboxylic acids is 1. The molecule has 1 rings (SSSR count). The van der Waals surface area contributed by atoms with Gasteiger partial charge in [0.1, 0.15) is 5.54 Å². The van der Waals surface area contributed by atoms with Gasteiger partial charge in [-0.2, -0.15) is 0 Å². The summed E-state index contributed by atoms with van der Waals surface area (Å²) in [7, 11) is 4.27. The lowest BCUT2D eigenvalue weighted by Gasteiger charge is -2.23. The van der Waals surface area contributed by atoms with E-state index in [-0.39, 0.29) is 0 Å². The van der Waals surface area contributed by atoms with Crippen molar-refractivity contribution in [1.29, 1.82) is 0 Å². The summed E-state index contributed by atoms with van der Waals surface area (Å²) in [5.41, 5.74) is 4.64. The van der Waals surface area contributed by atoms with Gasteiger partial charge in [0, 0.05) is 19.1 Å². The predicted octanol–water partition coefficient (Wildman–Crippen LogP) is 0.841. The zero-order valence-electron chi connectivity index (χ0n) is 12.7. The molecule has 19 heavy (non-hydrogen) atoms. The first kappa shape index (κ1) is 16.4. The Morgan fingerprint density at radius 1 is 1.42 bits per heavy atom. The standard InChI is InChI=1S/C14H29N3O2/c1-11-9-17(10-12(11)16(3)4)8-6-5-7-14(2,15)13(18)19/h11-12H,5-10,15H2,1-4H3,(H,18,19). The van der Waals surface area contributed by atoms with Crippen LogP contribution in [0.5, 0.6) is 0 Å². The molecule has 1 heterocycles. The van der Waals surface area contributed by atoms with Gasteiger partial charge in [-0.25, -0.2) is 0 Å². The summed E-state index contributed by atoms with van der Waals surface area (Å²) in [5.74, 6) is -0.205. The molecule has 0 bridgehead atoms. The molecular weight excluding hydrogens is 242 g/mol. The van der Waals surface area contributed by atoms with Gasteiger partial charge in [0.25, 0.3) is 0 Å². The average Bonchev–Trinajstić information content (AvgIpc) is 2.66. The molecule has 0 aromatic heterocycles. The maximum Gasteiger partial charge on any atom is 0.323 e. The van der Waals surface area contributed by atoms with Crippen LogP contribution in [0.2, 0.25) is 0 Å². The van der Waals surface area contributed by atoms with E-state index in [0.29, 0.717) is 18.4 Å². The molecule has 0 amide bonds. The summed E-state index contributed by atoms with van der Waals surface area (Å²) in [6, 6.07) is 0.638. The van der Waals surface area contributed by atoms with Gasteiger partial charge in [0.05, 0.1) is 0 Å². The van der Waals surface area contributed by atoms with Crippen molar-refractivity contribution in [3.63, 3.8) is 0 Å². The normalized spacial score (nSPS) is 27.7. The molecule has 1 aliphatic rings. The highest BCUT2D eigenvalue weighted by Crippen LogP contribution is 2.20. The summed E-state index contributed by atoms with van der Waals surface area (Å²) in [6.07, 6.45) is 2.44. The van der Waals surface area contributed by atoms with Gasteiger partial charge in [-0.05, 0) is 52.7 Å². The van der Waals surface area contributed by atoms with Crippen LogP contribution in [0.3, 0.4) is 0 Å². The first-order valence-corrected chi connectivity index (χ1v) is 7.15. The number of hydrogen-bond donors (Lipinski definition) is 2. The third-order valence-corrected chi connectivity index (χ3v) is 4.22. The van der Waals surface area contributed by atoms with E-state index in [2.05, 4.69) is 30.8 Å². The topological polar surface area (TPSA) is 69.8 Å². The predicted molar refractivity (Wildman–Crippen MR) is 77.2 cm³/mol. The van der Waals surface area contributed by atoms with E-state index < -0.39 is 11.5 Å². The minimum absolute atomic E-state index is 0.544. The van der Waals surface area contributed by atoms with Crippen molar-refractivity contribution >= 4 is 5.97 Å². The Morgan fingerprint density at radius 3 is 2.53 bits per heavy atom. The Morgan fingerprint density at radius 2 is 2.05 bits per heavy atom. The van der Waals surface area contributed by atoms with Crippen LogP contribution >= 0.6 is 0 Å². The number of nitrogens with two attached hydrogens (primary N) is 1. The van der Waals surface area contributed by atoms with Gasteiger partial charge in [-0.15, -0.1) is 0 Å². The minimum Gasteiger partial charge on any atom is -0.480 e. The number of carbonyl (C=O) groups is 1.